The van der Waals surface area contributed by atoms with Crippen LogP contribution in [0.25, 0.3) is 10.8 Å². The minimum absolute atomic E-state index is 0. The number of nitrogen functional groups attached to an aromatic ring is 1. The van der Waals surface area contributed by atoms with Crippen molar-refractivity contribution in [1.29, 1.82) is 0 Å². The van der Waals surface area contributed by atoms with Crippen LogP contribution in [0.4, 0.5) is 5.69 Å². The van der Waals surface area contributed by atoms with Gasteiger partial charge in [0.25, 0.3) is 10.1 Å². The molecule has 0 aromatic heterocycles. The summed E-state index contributed by atoms with van der Waals surface area (Å²) in [7, 11) is -4.20. The monoisotopic (exact) mass is 275 g/mol. The van der Waals surface area contributed by atoms with E-state index in [2.05, 4.69) is 16.3 Å². The predicted octanol–water partition coefficient (Wildman–Crippen LogP) is 0.307. The van der Waals surface area contributed by atoms with E-state index in [9.17, 15) is 8.42 Å². The van der Waals surface area contributed by atoms with Gasteiger partial charge in [-0.2, -0.15) is 8.42 Å². The largest absolute Gasteiger partial charge is 2.00 e. The van der Waals surface area contributed by atoms with Gasteiger partial charge in [-0.25, -0.2) is 0 Å². The molecule has 0 aliphatic heterocycles. The molecule has 4 nitrogen and oxygen atoms in total. The van der Waals surface area contributed by atoms with E-state index >= 15 is 0 Å². The number of hydrogen-bond acceptors (Lipinski definition) is 3. The van der Waals surface area contributed by atoms with Gasteiger partial charge in [-0.05, 0) is 29.0 Å². The van der Waals surface area contributed by atoms with E-state index in [0.717, 1.165) is 5.39 Å². The summed E-state index contributed by atoms with van der Waals surface area (Å²) in [6.45, 7) is 0. The molecule has 84 valence electrons. The van der Waals surface area contributed by atoms with Crippen molar-refractivity contribution >= 4 is 70.3 Å². The molecule has 0 bridgehead atoms. The Morgan fingerprint density at radius 2 is 1.82 bits per heavy atom. The average Bonchev–Trinajstić information content (AvgIpc) is 2.17. The zero-order chi connectivity index (χ0) is 11.9. The summed E-state index contributed by atoms with van der Waals surface area (Å²) in [5, 5.41) is 1.56. The number of benzene rings is 2. The van der Waals surface area contributed by atoms with E-state index in [-0.39, 0.29) is 30.8 Å². The van der Waals surface area contributed by atoms with E-state index in [4.69, 9.17) is 10.3 Å². The number of hydrogen-bond donors (Lipinski definition) is 2. The maximum Gasteiger partial charge on any atom is 2.00 e. The Morgan fingerprint density at radius 1 is 1.24 bits per heavy atom. The Morgan fingerprint density at radius 3 is 2.41 bits per heavy atom. The molecule has 0 amide bonds. The third-order valence-electron chi connectivity index (χ3n) is 2.33. The van der Waals surface area contributed by atoms with E-state index < -0.39 is 10.1 Å². The summed E-state index contributed by atoms with van der Waals surface area (Å²) < 4.78 is 31.6. The molecule has 2 rings (SSSR count). The molecule has 0 atom stereocenters. The topological polar surface area (TPSA) is 80.4 Å². The van der Waals surface area contributed by atoms with Crippen LogP contribution in [0.3, 0.4) is 0 Å². The minimum Gasteiger partial charge on any atom is -1.00 e. The number of nitrogens with two attached hydrogens (primary N) is 1. The molecule has 0 saturated heterocycles. The van der Waals surface area contributed by atoms with Gasteiger partial charge < -0.3 is 8.59 Å². The quantitative estimate of drug-likeness (QED) is 0.446. The van der Waals surface area contributed by atoms with Crippen molar-refractivity contribution in [2.24, 2.45) is 0 Å². The van der Waals surface area contributed by atoms with Gasteiger partial charge in [0.2, 0.25) is 0 Å². The van der Waals surface area contributed by atoms with Crippen molar-refractivity contribution in [3.8, 4) is 0 Å². The molecule has 0 saturated carbocycles. The van der Waals surface area contributed by atoms with Crippen molar-refractivity contribution in [3.63, 3.8) is 0 Å². The van der Waals surface area contributed by atoms with E-state index in [1.54, 1.807) is 24.3 Å². The first kappa shape index (κ1) is 14.8. The van der Waals surface area contributed by atoms with E-state index in [1.165, 1.54) is 6.07 Å². The fraction of sp³-hybridized carbons (Fsp3) is 0. The molecule has 0 fully saturated rings. The van der Waals surface area contributed by atoms with Gasteiger partial charge in [0.05, 0.1) is 4.90 Å². The summed E-state index contributed by atoms with van der Waals surface area (Å²) in [6, 6.07) is 8.21. The van der Waals surface area contributed by atoms with Crippen LogP contribution in [0, 0.1) is 0 Å². The van der Waals surface area contributed by atoms with E-state index in [1.807, 2.05) is 0 Å². The molecule has 0 aliphatic carbocycles. The fourth-order valence-corrected chi connectivity index (χ4v) is 2.99. The van der Waals surface area contributed by atoms with Gasteiger partial charge in [0.1, 0.15) is 0 Å². The number of anilines is 1. The van der Waals surface area contributed by atoms with Crippen LogP contribution in [-0.2, 0) is 10.1 Å². The van der Waals surface area contributed by atoms with Crippen LogP contribution >= 0.6 is 0 Å². The molecule has 0 unspecified atom stereocenters. The zero-order valence-electron chi connectivity index (χ0n) is 10.9. The minimum atomic E-state index is -4.20. The summed E-state index contributed by atoms with van der Waals surface area (Å²) in [4.78, 5) is -0.115. The molecule has 0 spiro atoms. The van der Waals surface area contributed by atoms with Gasteiger partial charge in [-0.3, -0.25) is 4.55 Å². The molecule has 2 aromatic carbocycles. The van der Waals surface area contributed by atoms with Crippen molar-refractivity contribution in [3.05, 3.63) is 30.3 Å². The second-order valence-electron chi connectivity index (χ2n) is 3.43. The van der Waals surface area contributed by atoms with Crippen molar-refractivity contribution in [1.82, 2.24) is 0 Å². The van der Waals surface area contributed by atoms with Crippen LogP contribution in [0.1, 0.15) is 2.85 Å². The maximum atomic E-state index is 11.1. The first-order valence-electron chi connectivity index (χ1n) is 4.45. The number of rotatable bonds is 1. The summed E-state index contributed by atoms with van der Waals surface area (Å²) >= 11 is 2.32. The molecule has 17 heavy (non-hydrogen) atoms. The Balaban J connectivity index is 0. The smallest absolute Gasteiger partial charge is 1.00 e. The molecular formula is C10H10AlMgNO3S. The molecule has 3 N–H and O–H groups in total. The third kappa shape index (κ3) is 2.94. The van der Waals surface area contributed by atoms with E-state index in [0.29, 0.717) is 15.5 Å². The predicted molar refractivity (Wildman–Crippen MR) is 71.5 cm³/mol. The summed E-state index contributed by atoms with van der Waals surface area (Å²) in [6.07, 6.45) is 0. The van der Waals surface area contributed by atoms with Crippen LogP contribution in [0.5, 0.6) is 0 Å². The standard InChI is InChI=1S/C10H8NO3S.Al.Mg.2H/c11-9-3-1-7-2-4-10(15(12,13)14)6-8(7)5-9;;;;/h1-5H,11H2,(H,12,13,14);;;;/q;;+2;2*-1. The van der Waals surface area contributed by atoms with Crippen molar-refractivity contribution in [2.45, 2.75) is 4.90 Å². The molecule has 7 heteroatoms. The van der Waals surface area contributed by atoms with Crippen molar-refractivity contribution in [2.75, 3.05) is 5.73 Å². The van der Waals surface area contributed by atoms with Crippen molar-refractivity contribution < 1.29 is 15.8 Å². The van der Waals surface area contributed by atoms with Crippen LogP contribution < -0.4 is 10.2 Å². The van der Waals surface area contributed by atoms with Gasteiger partial charge in [0, 0.05) is 5.69 Å². The number of fused-ring (bicyclic) bond motifs is 1. The molecule has 0 aliphatic rings. The Labute approximate surface area is 126 Å². The van der Waals surface area contributed by atoms with Gasteiger partial charge in [0.15, 0.2) is 16.3 Å². The third-order valence-corrected chi connectivity index (χ3v) is 4.07. The second-order valence-corrected chi connectivity index (χ2v) is 5.40. The fourth-order valence-electron chi connectivity index (χ4n) is 1.57. The normalized spacial score (nSPS) is 11.1. The maximum absolute atomic E-state index is 11.1. The molecule has 2 aromatic rings. The zero-order valence-corrected chi connectivity index (χ0v) is 12.3. The Hall–Kier alpha value is -0.291. The molecule has 2 radical (unpaired) electrons. The Bertz CT molecular complexity index is 682. The first-order valence-corrected chi connectivity index (χ1v) is 6.46. The summed E-state index contributed by atoms with van der Waals surface area (Å²) in [5.74, 6) is 0. The van der Waals surface area contributed by atoms with Gasteiger partial charge in [-0.15, -0.1) is 4.43 Å². The molecular weight excluding hydrogens is 265 g/mol. The van der Waals surface area contributed by atoms with Crippen LogP contribution in [0.2, 0.25) is 0 Å². The van der Waals surface area contributed by atoms with Gasteiger partial charge >= 0.3 is 23.1 Å². The molecule has 0 heterocycles. The summed E-state index contributed by atoms with van der Waals surface area (Å²) in [5.41, 5.74) is 6.18. The SMILES string of the molecule is Nc1ccc2ccc(S(=O)(=O)O)[c]([Al])c2c1.[H-].[H-].[Mg+2]. The first-order chi connectivity index (χ1) is 7.39. The van der Waals surface area contributed by atoms with Gasteiger partial charge in [-0.1, -0.05) is 12.1 Å². The van der Waals surface area contributed by atoms with Crippen LogP contribution in [0.15, 0.2) is 35.2 Å². The average molecular weight is 276 g/mol. The Kier molecular flexibility index (Phi) is 4.47. The second kappa shape index (κ2) is 5.14. The van der Waals surface area contributed by atoms with Crippen LogP contribution in [-0.4, -0.2) is 52.3 Å².